The van der Waals surface area contributed by atoms with E-state index in [9.17, 15) is 19.2 Å². The second-order valence-corrected chi connectivity index (χ2v) is 10.4. The number of para-hydroxylation sites is 1. The van der Waals surface area contributed by atoms with Crippen LogP contribution in [0.25, 0.3) is 0 Å². The molecule has 0 bridgehead atoms. The summed E-state index contributed by atoms with van der Waals surface area (Å²) in [5.41, 5.74) is 3.25. The zero-order valence-electron chi connectivity index (χ0n) is 25.1. The molecule has 0 spiro atoms. The Morgan fingerprint density at radius 1 is 0.810 bits per heavy atom. The molecule has 42 heavy (non-hydrogen) atoms. The molecule has 12 heteroatoms. The molecule has 0 aromatic heterocycles. The van der Waals surface area contributed by atoms with Crippen LogP contribution < -0.4 is 30.9 Å². The Morgan fingerprint density at radius 3 is 2.14 bits per heavy atom. The van der Waals surface area contributed by atoms with Crippen LogP contribution in [0.1, 0.15) is 44.7 Å². The lowest BCUT2D eigenvalue weighted by Crippen LogP contribution is -2.56. The van der Waals surface area contributed by atoms with Crippen LogP contribution in [0.2, 0.25) is 0 Å². The molecule has 0 saturated carbocycles. The fourth-order valence-electron chi connectivity index (χ4n) is 3.84. The average Bonchev–Trinajstić information content (AvgIpc) is 2.97. The van der Waals surface area contributed by atoms with Crippen LogP contribution in [0.15, 0.2) is 48.5 Å². The van der Waals surface area contributed by atoms with Crippen molar-refractivity contribution in [1.82, 2.24) is 21.4 Å². The third-order valence-electron chi connectivity index (χ3n) is 5.90. The van der Waals surface area contributed by atoms with Gasteiger partial charge in [0.15, 0.2) is 11.5 Å². The largest absolute Gasteiger partial charge is 0.493 e. The number of amides is 4. The first kappa shape index (κ1) is 34.0. The van der Waals surface area contributed by atoms with Crippen molar-refractivity contribution in [3.8, 4) is 11.5 Å². The maximum Gasteiger partial charge on any atom is 0.246 e. The molecule has 4 amide bonds. The van der Waals surface area contributed by atoms with Crippen LogP contribution in [0, 0.1) is 0 Å². The number of aryl methyl sites for hydroxylation is 1. The molecule has 0 radical (unpaired) electrons. The summed E-state index contributed by atoms with van der Waals surface area (Å²) in [6.45, 7) is 5.18. The van der Waals surface area contributed by atoms with Gasteiger partial charge in [0.1, 0.15) is 12.1 Å². The van der Waals surface area contributed by atoms with Gasteiger partial charge in [0, 0.05) is 25.6 Å². The van der Waals surface area contributed by atoms with Crippen LogP contribution >= 0.6 is 0 Å². The first-order chi connectivity index (χ1) is 20.0. The third kappa shape index (κ3) is 11.8. The average molecular weight is 587 g/mol. The van der Waals surface area contributed by atoms with E-state index in [1.54, 1.807) is 39.0 Å². The Kier molecular flexibility index (Phi) is 13.7. The second kappa shape index (κ2) is 16.9. The van der Waals surface area contributed by atoms with Crippen molar-refractivity contribution in [3.63, 3.8) is 0 Å². The quantitative estimate of drug-likeness (QED) is 0.217. The fraction of sp³-hybridized carbons (Fsp3) is 0.467. The van der Waals surface area contributed by atoms with Crippen LogP contribution in [-0.4, -0.2) is 69.2 Å². The summed E-state index contributed by atoms with van der Waals surface area (Å²) in [5, 5.41) is 7.97. The van der Waals surface area contributed by atoms with E-state index in [0.29, 0.717) is 23.5 Å². The number of carbonyl (C=O) groups is 4. The monoisotopic (exact) mass is 586 g/mol. The van der Waals surface area contributed by atoms with Crippen LogP contribution in [0.4, 0.5) is 0 Å². The molecule has 230 valence electrons. The highest BCUT2D eigenvalue weighted by Gasteiger charge is 2.29. The smallest absolute Gasteiger partial charge is 0.246 e. The molecular formula is C30H42N4O8. The van der Waals surface area contributed by atoms with E-state index < -0.39 is 47.7 Å². The molecule has 0 heterocycles. The van der Waals surface area contributed by atoms with E-state index in [4.69, 9.17) is 19.0 Å². The van der Waals surface area contributed by atoms with Crippen LogP contribution in [0.3, 0.4) is 0 Å². The maximum absolute atomic E-state index is 13.3. The second-order valence-electron chi connectivity index (χ2n) is 10.4. The van der Waals surface area contributed by atoms with E-state index in [0.717, 1.165) is 5.56 Å². The lowest BCUT2D eigenvalue weighted by Gasteiger charge is -2.24. The summed E-state index contributed by atoms with van der Waals surface area (Å²) in [6.07, 6.45) is 0.127. The number of benzene rings is 2. The molecule has 0 aliphatic heterocycles. The van der Waals surface area contributed by atoms with Gasteiger partial charge in [-0.3, -0.25) is 24.0 Å². The molecule has 4 N–H and O–H groups in total. The minimum Gasteiger partial charge on any atom is -0.493 e. The van der Waals surface area contributed by atoms with Gasteiger partial charge in [0.25, 0.3) is 0 Å². The number of methoxy groups -OCH3 is 3. The van der Waals surface area contributed by atoms with E-state index in [1.807, 2.05) is 30.3 Å². The van der Waals surface area contributed by atoms with Crippen molar-refractivity contribution < 1.29 is 38.2 Å². The molecule has 0 unspecified atom stereocenters. The van der Waals surface area contributed by atoms with Gasteiger partial charge in [0.2, 0.25) is 23.6 Å². The van der Waals surface area contributed by atoms with Crippen molar-refractivity contribution in [2.24, 2.45) is 0 Å². The summed E-state index contributed by atoms with van der Waals surface area (Å²) >= 11 is 0. The number of carbonyl (C=O) groups excluding carboxylic acids is 4. The summed E-state index contributed by atoms with van der Waals surface area (Å²) in [4.78, 5) is 57.0. The summed E-state index contributed by atoms with van der Waals surface area (Å²) < 4.78 is 15.9. The Labute approximate surface area is 246 Å². The molecule has 2 rings (SSSR count). The number of rotatable bonds is 16. The number of hydrogen-bond acceptors (Lipinski definition) is 8. The lowest BCUT2D eigenvalue weighted by atomic mass is 10.1. The first-order valence-corrected chi connectivity index (χ1v) is 13.5. The zero-order chi connectivity index (χ0) is 31.1. The molecule has 2 atom stereocenters. The van der Waals surface area contributed by atoms with Gasteiger partial charge in [-0.1, -0.05) is 42.5 Å². The highest BCUT2D eigenvalue weighted by Crippen LogP contribution is 2.30. The number of nitrogens with one attached hydrogen (secondary N) is 4. The van der Waals surface area contributed by atoms with E-state index in [1.165, 1.54) is 21.3 Å². The SMILES string of the molecule is COC[C@H](NC(=O)[C@H](CC(=O)NOC(C)(C)C)NC(=O)CCc1ccccc1)C(=O)NCc1cccc(OC)c1OC. The van der Waals surface area contributed by atoms with Gasteiger partial charge in [-0.15, -0.1) is 0 Å². The highest BCUT2D eigenvalue weighted by molar-refractivity contribution is 5.94. The molecule has 0 fully saturated rings. The van der Waals surface area contributed by atoms with Crippen molar-refractivity contribution in [2.45, 2.75) is 64.3 Å². The van der Waals surface area contributed by atoms with Gasteiger partial charge < -0.3 is 30.2 Å². The van der Waals surface area contributed by atoms with E-state index >= 15 is 0 Å². The summed E-state index contributed by atoms with van der Waals surface area (Å²) in [7, 11) is 4.39. The van der Waals surface area contributed by atoms with Gasteiger partial charge in [0.05, 0.1) is 32.8 Å². The lowest BCUT2D eigenvalue weighted by molar-refractivity contribution is -0.147. The van der Waals surface area contributed by atoms with Crippen LogP contribution in [-0.2, 0) is 41.7 Å². The molecule has 0 saturated heterocycles. The molecule has 0 aliphatic carbocycles. The van der Waals surface area contributed by atoms with Crippen molar-refractivity contribution in [3.05, 3.63) is 59.7 Å². The third-order valence-corrected chi connectivity index (χ3v) is 5.90. The minimum absolute atomic E-state index is 0.0848. The molecule has 0 aliphatic rings. The molecular weight excluding hydrogens is 544 g/mol. The fourth-order valence-corrected chi connectivity index (χ4v) is 3.84. The molecule has 2 aromatic rings. The van der Waals surface area contributed by atoms with E-state index in [2.05, 4.69) is 21.4 Å². The molecule has 12 nitrogen and oxygen atoms in total. The number of hydroxylamine groups is 1. The molecule has 2 aromatic carbocycles. The Bertz CT molecular complexity index is 1180. The predicted octanol–water partition coefficient (Wildman–Crippen LogP) is 1.81. The Morgan fingerprint density at radius 2 is 1.52 bits per heavy atom. The Balaban J connectivity index is 2.11. The van der Waals surface area contributed by atoms with E-state index in [-0.39, 0.29) is 19.6 Å². The van der Waals surface area contributed by atoms with Gasteiger partial charge in [-0.05, 0) is 38.8 Å². The number of hydrogen-bond donors (Lipinski definition) is 4. The standard InChI is InChI=1S/C30H42N4O8/c1-30(2,3)42-34-26(36)17-22(32-25(35)16-15-20-11-8-7-9-12-20)29(38)33-23(19-39-4)28(37)31-18-21-13-10-14-24(40-5)27(21)41-6/h7-14,22-23H,15-19H2,1-6H3,(H,31,37)(H,32,35)(H,33,38)(H,34,36)/t22-,23-/m0/s1. The number of ether oxygens (including phenoxy) is 3. The summed E-state index contributed by atoms with van der Waals surface area (Å²) in [5.74, 6) is -1.34. The zero-order valence-corrected chi connectivity index (χ0v) is 25.1. The minimum atomic E-state index is -1.28. The summed E-state index contributed by atoms with van der Waals surface area (Å²) in [6, 6.07) is 12.3. The van der Waals surface area contributed by atoms with Gasteiger partial charge in [-0.25, -0.2) is 5.48 Å². The van der Waals surface area contributed by atoms with Crippen LogP contribution in [0.5, 0.6) is 11.5 Å². The van der Waals surface area contributed by atoms with Crippen molar-refractivity contribution in [1.29, 1.82) is 0 Å². The highest BCUT2D eigenvalue weighted by atomic mass is 16.7. The topological polar surface area (TPSA) is 153 Å². The van der Waals surface area contributed by atoms with Gasteiger partial charge >= 0.3 is 0 Å². The normalized spacial score (nSPS) is 12.4. The predicted molar refractivity (Wildman–Crippen MR) is 155 cm³/mol. The van der Waals surface area contributed by atoms with Gasteiger partial charge in [-0.2, -0.15) is 0 Å². The van der Waals surface area contributed by atoms with Crippen molar-refractivity contribution in [2.75, 3.05) is 27.9 Å². The Hall–Kier alpha value is -4.16. The maximum atomic E-state index is 13.3. The van der Waals surface area contributed by atoms with Crippen molar-refractivity contribution >= 4 is 23.6 Å². The first-order valence-electron chi connectivity index (χ1n) is 13.5.